The average Bonchev–Trinajstić information content (AvgIpc) is 2.99. The van der Waals surface area contributed by atoms with Crippen molar-refractivity contribution in [1.29, 1.82) is 0 Å². The summed E-state index contributed by atoms with van der Waals surface area (Å²) in [6, 6.07) is 15.6. The maximum Gasteiger partial charge on any atom is 0.335 e. The van der Waals surface area contributed by atoms with Gasteiger partial charge in [0, 0.05) is 22.6 Å². The molecule has 0 bridgehead atoms. The second kappa shape index (κ2) is 8.43. The van der Waals surface area contributed by atoms with E-state index in [2.05, 4.69) is 5.16 Å². The fourth-order valence-corrected chi connectivity index (χ4v) is 3.08. The van der Waals surface area contributed by atoms with E-state index >= 15 is 0 Å². The van der Waals surface area contributed by atoms with Crippen molar-refractivity contribution in [3.8, 4) is 5.69 Å². The molecule has 7 heteroatoms. The molecule has 1 heterocycles. The molecule has 2 N–H and O–H groups in total. The first-order valence-corrected chi connectivity index (χ1v) is 8.87. The fourth-order valence-electron chi connectivity index (χ4n) is 3.08. The summed E-state index contributed by atoms with van der Waals surface area (Å²) < 4.78 is 1.79. The van der Waals surface area contributed by atoms with Crippen LogP contribution < -0.4 is 0 Å². The Bertz CT molecular complexity index is 1050. The molecule has 0 fully saturated rings. The number of hydrogen-bond acceptors (Lipinski definition) is 4. The number of benzene rings is 2. The van der Waals surface area contributed by atoms with E-state index in [-0.39, 0.29) is 11.1 Å². The molecule has 0 unspecified atom stereocenters. The highest BCUT2D eigenvalue weighted by Gasteiger charge is 2.16. The van der Waals surface area contributed by atoms with Gasteiger partial charge in [-0.15, -0.1) is 0 Å². The minimum absolute atomic E-state index is 0.0891. The summed E-state index contributed by atoms with van der Waals surface area (Å²) in [6.07, 6.45) is 1.58. The molecular weight excluding hydrogens is 372 g/mol. The third kappa shape index (κ3) is 4.52. The van der Waals surface area contributed by atoms with E-state index in [0.717, 1.165) is 28.6 Å². The van der Waals surface area contributed by atoms with Gasteiger partial charge in [0.25, 0.3) is 0 Å². The number of nitrogens with zero attached hydrogens (tertiary/aromatic N) is 2. The van der Waals surface area contributed by atoms with Crippen LogP contribution in [0.3, 0.4) is 0 Å². The quantitative estimate of drug-likeness (QED) is 0.467. The highest BCUT2D eigenvalue weighted by atomic mass is 16.6. The lowest BCUT2D eigenvalue weighted by Gasteiger charge is -2.12. The van der Waals surface area contributed by atoms with Crippen molar-refractivity contribution in [2.45, 2.75) is 20.5 Å². The van der Waals surface area contributed by atoms with E-state index in [1.54, 1.807) is 10.8 Å². The third-order valence-electron chi connectivity index (χ3n) is 4.48. The summed E-state index contributed by atoms with van der Waals surface area (Å²) in [5, 5.41) is 22.6. The summed E-state index contributed by atoms with van der Waals surface area (Å²) in [4.78, 5) is 28.1. The number of oxime groups is 1. The van der Waals surface area contributed by atoms with Crippen molar-refractivity contribution >= 4 is 18.2 Å². The van der Waals surface area contributed by atoms with Crippen LogP contribution in [0.15, 0.2) is 59.8 Å². The molecule has 2 aromatic carbocycles. The molecule has 0 radical (unpaired) electrons. The molecule has 3 rings (SSSR count). The second-order valence-corrected chi connectivity index (χ2v) is 6.53. The van der Waals surface area contributed by atoms with Gasteiger partial charge in [0.05, 0.1) is 17.3 Å². The van der Waals surface area contributed by atoms with Crippen molar-refractivity contribution in [3.63, 3.8) is 0 Å². The van der Waals surface area contributed by atoms with E-state index in [4.69, 9.17) is 4.84 Å². The number of carboxylic acid groups (broad SMARTS) is 2. The molecule has 0 spiro atoms. The molecule has 0 aliphatic carbocycles. The number of hydrogen-bond donors (Lipinski definition) is 2. The van der Waals surface area contributed by atoms with Crippen LogP contribution in [0.25, 0.3) is 5.69 Å². The van der Waals surface area contributed by atoms with Gasteiger partial charge < -0.3 is 19.6 Å². The van der Waals surface area contributed by atoms with Gasteiger partial charge in [0.15, 0.2) is 0 Å². The topological polar surface area (TPSA) is 101 Å². The number of aryl methyl sites for hydroxylation is 1. The van der Waals surface area contributed by atoms with Crippen LogP contribution in [0.4, 0.5) is 0 Å². The number of carboxylic acids is 2. The number of rotatable bonds is 7. The lowest BCUT2D eigenvalue weighted by atomic mass is 10.1. The minimum Gasteiger partial charge on any atom is -0.478 e. The SMILES string of the molecule is Cc1cc(/C=N/OCc2ccccc2)c(C)n1-c1cc(C(=O)O)cc(C(=O)O)c1. The summed E-state index contributed by atoms with van der Waals surface area (Å²) in [5.41, 5.74) is 3.67. The van der Waals surface area contributed by atoms with E-state index in [9.17, 15) is 19.8 Å². The van der Waals surface area contributed by atoms with Crippen LogP contribution in [0.1, 0.15) is 43.2 Å². The van der Waals surface area contributed by atoms with Crippen molar-refractivity contribution in [3.05, 3.63) is 88.2 Å². The molecule has 3 aromatic rings. The maximum absolute atomic E-state index is 11.4. The van der Waals surface area contributed by atoms with Crippen LogP contribution in [0, 0.1) is 13.8 Å². The molecule has 29 heavy (non-hydrogen) atoms. The number of carbonyl (C=O) groups is 2. The first kappa shape index (κ1) is 19.9. The van der Waals surface area contributed by atoms with Gasteiger partial charge in [-0.3, -0.25) is 0 Å². The zero-order valence-electron chi connectivity index (χ0n) is 16.0. The standard InChI is InChI=1S/C22H20N2O5/c1-14-8-19(12-23-29-13-16-6-4-3-5-7-16)15(2)24(14)20-10-17(21(25)26)9-18(11-20)22(27)28/h3-12H,13H2,1-2H3,(H,25,26)(H,27,28)/b23-12+. The van der Waals surface area contributed by atoms with Gasteiger partial charge in [0.1, 0.15) is 6.61 Å². The van der Waals surface area contributed by atoms with E-state index in [1.165, 1.54) is 12.1 Å². The molecule has 0 amide bonds. The largest absolute Gasteiger partial charge is 0.478 e. The van der Waals surface area contributed by atoms with E-state index in [0.29, 0.717) is 12.3 Å². The summed E-state index contributed by atoms with van der Waals surface area (Å²) in [5.74, 6) is -2.37. The normalized spacial score (nSPS) is 11.0. The van der Waals surface area contributed by atoms with Crippen LogP contribution in [-0.2, 0) is 11.4 Å². The summed E-state index contributed by atoms with van der Waals surface area (Å²) in [7, 11) is 0. The van der Waals surface area contributed by atoms with Crippen LogP contribution in [0.2, 0.25) is 0 Å². The smallest absolute Gasteiger partial charge is 0.335 e. The summed E-state index contributed by atoms with van der Waals surface area (Å²) in [6.45, 7) is 4.04. The average molecular weight is 392 g/mol. The third-order valence-corrected chi connectivity index (χ3v) is 4.48. The zero-order chi connectivity index (χ0) is 21.0. The predicted molar refractivity (Wildman–Crippen MR) is 108 cm³/mol. The molecule has 0 saturated carbocycles. The Kier molecular flexibility index (Phi) is 5.78. The molecule has 0 aliphatic rings. The Labute approximate surface area is 167 Å². The Hall–Kier alpha value is -3.87. The number of aromatic nitrogens is 1. The van der Waals surface area contributed by atoms with Gasteiger partial charge in [0.2, 0.25) is 0 Å². The Morgan fingerprint density at radius 3 is 2.21 bits per heavy atom. The number of aromatic carboxylic acids is 2. The minimum atomic E-state index is -1.19. The van der Waals surface area contributed by atoms with Crippen LogP contribution in [0.5, 0.6) is 0 Å². The molecular formula is C22H20N2O5. The summed E-state index contributed by atoms with van der Waals surface area (Å²) >= 11 is 0. The second-order valence-electron chi connectivity index (χ2n) is 6.53. The van der Waals surface area contributed by atoms with Crippen LogP contribution in [-0.4, -0.2) is 32.9 Å². The van der Waals surface area contributed by atoms with Gasteiger partial charge in [-0.2, -0.15) is 0 Å². The first-order valence-electron chi connectivity index (χ1n) is 8.87. The van der Waals surface area contributed by atoms with E-state index < -0.39 is 11.9 Å². The van der Waals surface area contributed by atoms with Gasteiger partial charge in [-0.1, -0.05) is 35.5 Å². The molecule has 148 valence electrons. The highest BCUT2D eigenvalue weighted by Crippen LogP contribution is 2.22. The zero-order valence-corrected chi connectivity index (χ0v) is 16.0. The van der Waals surface area contributed by atoms with Gasteiger partial charge in [-0.05, 0) is 43.7 Å². The van der Waals surface area contributed by atoms with E-state index in [1.807, 2.05) is 50.2 Å². The Morgan fingerprint density at radius 1 is 1.00 bits per heavy atom. The maximum atomic E-state index is 11.4. The molecule has 1 aromatic heterocycles. The predicted octanol–water partition coefficient (Wildman–Crippen LogP) is 4.04. The fraction of sp³-hybridized carbons (Fsp3) is 0.136. The van der Waals surface area contributed by atoms with Gasteiger partial charge in [-0.25, -0.2) is 9.59 Å². The molecule has 0 saturated heterocycles. The highest BCUT2D eigenvalue weighted by molar-refractivity contribution is 5.95. The van der Waals surface area contributed by atoms with Crippen molar-refractivity contribution in [2.75, 3.05) is 0 Å². The van der Waals surface area contributed by atoms with Crippen molar-refractivity contribution in [1.82, 2.24) is 4.57 Å². The molecule has 7 nitrogen and oxygen atoms in total. The van der Waals surface area contributed by atoms with Crippen molar-refractivity contribution in [2.24, 2.45) is 5.16 Å². The van der Waals surface area contributed by atoms with Crippen molar-refractivity contribution < 1.29 is 24.6 Å². The monoisotopic (exact) mass is 392 g/mol. The Balaban J connectivity index is 1.88. The van der Waals surface area contributed by atoms with Gasteiger partial charge >= 0.3 is 11.9 Å². The molecule has 0 aliphatic heterocycles. The molecule has 0 atom stereocenters. The lowest BCUT2D eigenvalue weighted by Crippen LogP contribution is -2.07. The lowest BCUT2D eigenvalue weighted by molar-refractivity contribution is 0.0696. The first-order chi connectivity index (χ1) is 13.9. The Morgan fingerprint density at radius 2 is 1.62 bits per heavy atom. The van der Waals surface area contributed by atoms with Crippen LogP contribution >= 0.6 is 0 Å².